The zero-order valence-electron chi connectivity index (χ0n) is 11.4. The third-order valence-corrected chi connectivity index (χ3v) is 4.71. The number of amides is 1. The second-order valence-corrected chi connectivity index (χ2v) is 6.20. The van der Waals surface area contributed by atoms with Gasteiger partial charge in [-0.25, -0.2) is 0 Å². The molecule has 0 heterocycles. The van der Waals surface area contributed by atoms with E-state index in [2.05, 4.69) is 21.2 Å². The highest BCUT2D eigenvalue weighted by Gasteiger charge is 2.47. The van der Waals surface area contributed by atoms with Crippen LogP contribution < -0.4 is 5.32 Å². The maximum atomic E-state index is 13.0. The van der Waals surface area contributed by atoms with Crippen LogP contribution in [0.15, 0.2) is 28.7 Å². The molecule has 0 radical (unpaired) electrons. The Balaban J connectivity index is 2.00. The maximum Gasteiger partial charge on any atom is 0.392 e. The summed E-state index contributed by atoms with van der Waals surface area (Å²) in [5.41, 5.74) is 0.852. The van der Waals surface area contributed by atoms with Gasteiger partial charge < -0.3 is 5.32 Å². The van der Waals surface area contributed by atoms with Crippen molar-refractivity contribution in [1.82, 2.24) is 5.32 Å². The summed E-state index contributed by atoms with van der Waals surface area (Å²) in [6.45, 7) is 0.237. The van der Waals surface area contributed by atoms with Gasteiger partial charge in [0, 0.05) is 16.9 Å². The normalized spacial score (nSPS) is 22.9. The first-order chi connectivity index (χ1) is 9.89. The van der Waals surface area contributed by atoms with Crippen molar-refractivity contribution in [3.8, 4) is 0 Å². The van der Waals surface area contributed by atoms with Gasteiger partial charge in [0.1, 0.15) is 0 Å². The van der Waals surface area contributed by atoms with Crippen LogP contribution in [0.25, 0.3) is 0 Å². The molecular weight excluding hydrogens is 347 g/mol. The van der Waals surface area contributed by atoms with Crippen molar-refractivity contribution < 1.29 is 18.0 Å². The van der Waals surface area contributed by atoms with Crippen LogP contribution in [-0.2, 0) is 11.3 Å². The van der Waals surface area contributed by atoms with E-state index in [1.807, 2.05) is 24.3 Å². The lowest BCUT2D eigenvalue weighted by Crippen LogP contribution is -2.42. The van der Waals surface area contributed by atoms with Crippen molar-refractivity contribution in [2.75, 3.05) is 0 Å². The third-order valence-electron chi connectivity index (χ3n) is 3.93. The molecule has 1 saturated carbocycles. The van der Waals surface area contributed by atoms with Crippen molar-refractivity contribution in [3.63, 3.8) is 0 Å². The van der Waals surface area contributed by atoms with Crippen LogP contribution in [0.1, 0.15) is 31.2 Å². The molecule has 0 aromatic heterocycles. The van der Waals surface area contributed by atoms with Crippen molar-refractivity contribution in [2.45, 2.75) is 38.4 Å². The smallest absolute Gasteiger partial charge is 0.352 e. The van der Waals surface area contributed by atoms with Gasteiger partial charge >= 0.3 is 6.18 Å². The molecule has 1 aromatic rings. The summed E-state index contributed by atoms with van der Waals surface area (Å²) < 4.78 is 39.8. The zero-order valence-corrected chi connectivity index (χ0v) is 13.0. The molecule has 1 fully saturated rings. The molecule has 0 bridgehead atoms. The fourth-order valence-corrected chi connectivity index (χ4v) is 3.22. The highest BCUT2D eigenvalue weighted by atomic mass is 79.9. The summed E-state index contributed by atoms with van der Waals surface area (Å²) in [4.78, 5) is 12.1. The fourth-order valence-electron chi connectivity index (χ4n) is 2.79. The minimum Gasteiger partial charge on any atom is -0.352 e. The molecule has 1 amide bonds. The first-order valence-electron chi connectivity index (χ1n) is 6.97. The van der Waals surface area contributed by atoms with Gasteiger partial charge in [0.15, 0.2) is 0 Å². The highest BCUT2D eigenvalue weighted by Crippen LogP contribution is 2.41. The lowest BCUT2D eigenvalue weighted by atomic mass is 9.78. The molecule has 6 heteroatoms. The number of rotatable bonds is 3. The summed E-state index contributed by atoms with van der Waals surface area (Å²) in [6, 6.07) is 7.33. The van der Waals surface area contributed by atoms with E-state index in [1.54, 1.807) is 0 Å². The Morgan fingerprint density at radius 1 is 1.24 bits per heavy atom. The lowest BCUT2D eigenvalue weighted by Gasteiger charge is -2.32. The molecule has 2 unspecified atom stereocenters. The van der Waals surface area contributed by atoms with Crippen LogP contribution in [0.3, 0.4) is 0 Å². The van der Waals surface area contributed by atoms with Gasteiger partial charge in [0.25, 0.3) is 0 Å². The van der Waals surface area contributed by atoms with Gasteiger partial charge in [0.2, 0.25) is 5.91 Å². The maximum absolute atomic E-state index is 13.0. The fraction of sp³-hybridized carbons (Fsp3) is 0.533. The number of nitrogens with one attached hydrogen (secondary N) is 1. The van der Waals surface area contributed by atoms with Crippen molar-refractivity contribution in [2.24, 2.45) is 11.8 Å². The van der Waals surface area contributed by atoms with Crippen molar-refractivity contribution in [1.29, 1.82) is 0 Å². The van der Waals surface area contributed by atoms with Crippen molar-refractivity contribution in [3.05, 3.63) is 34.3 Å². The molecule has 1 N–H and O–H groups in total. The third kappa shape index (κ3) is 4.22. The van der Waals surface area contributed by atoms with Crippen LogP contribution in [-0.4, -0.2) is 12.1 Å². The lowest BCUT2D eigenvalue weighted by molar-refractivity contribution is -0.198. The molecular formula is C15H17BrF3NO. The average Bonchev–Trinajstić information content (AvgIpc) is 2.45. The average molecular weight is 364 g/mol. The standard InChI is InChI=1S/C15H17BrF3NO/c16-13-8-4-1-5-10(13)9-20-14(21)11-6-2-3-7-12(11)15(17,18)19/h1,4-5,8,11-12H,2-3,6-7,9H2,(H,20,21). The molecule has 116 valence electrons. The van der Waals surface area contributed by atoms with Gasteiger partial charge in [-0.2, -0.15) is 13.2 Å². The summed E-state index contributed by atoms with van der Waals surface area (Å²) >= 11 is 3.35. The Bertz CT molecular complexity index is 504. The van der Waals surface area contributed by atoms with Gasteiger partial charge in [-0.05, 0) is 24.5 Å². The minimum absolute atomic E-state index is 0.0522. The second-order valence-electron chi connectivity index (χ2n) is 5.35. The Hall–Kier alpha value is -1.04. The van der Waals surface area contributed by atoms with E-state index in [9.17, 15) is 18.0 Å². The number of alkyl halides is 3. The number of carbonyl (C=O) groups excluding carboxylic acids is 1. The zero-order chi connectivity index (χ0) is 15.5. The molecule has 2 atom stereocenters. The molecule has 2 rings (SSSR count). The van der Waals surface area contributed by atoms with Crippen molar-refractivity contribution >= 4 is 21.8 Å². The summed E-state index contributed by atoms with van der Waals surface area (Å²) in [7, 11) is 0. The van der Waals surface area contributed by atoms with Gasteiger partial charge in [-0.1, -0.05) is 47.0 Å². The van der Waals surface area contributed by atoms with Crippen LogP contribution in [0.5, 0.6) is 0 Å². The molecule has 0 aliphatic heterocycles. The first-order valence-corrected chi connectivity index (χ1v) is 7.76. The Morgan fingerprint density at radius 2 is 1.90 bits per heavy atom. The van der Waals surface area contributed by atoms with E-state index in [0.717, 1.165) is 10.0 Å². The number of hydrogen-bond acceptors (Lipinski definition) is 1. The van der Waals surface area contributed by atoms with E-state index >= 15 is 0 Å². The van der Waals surface area contributed by atoms with Crippen LogP contribution >= 0.6 is 15.9 Å². The number of benzene rings is 1. The van der Waals surface area contributed by atoms with E-state index in [1.165, 1.54) is 0 Å². The van der Waals surface area contributed by atoms with Gasteiger partial charge in [0.05, 0.1) is 5.92 Å². The van der Waals surface area contributed by atoms with E-state index in [0.29, 0.717) is 19.3 Å². The van der Waals surface area contributed by atoms with E-state index < -0.39 is 23.9 Å². The number of carbonyl (C=O) groups is 1. The molecule has 1 aliphatic carbocycles. The Kier molecular flexibility index (Phi) is 5.30. The van der Waals surface area contributed by atoms with Gasteiger partial charge in [-0.3, -0.25) is 4.79 Å². The summed E-state index contributed by atoms with van der Waals surface area (Å²) in [6.07, 6.45) is -2.71. The molecule has 2 nitrogen and oxygen atoms in total. The minimum atomic E-state index is -4.30. The van der Waals surface area contributed by atoms with E-state index in [-0.39, 0.29) is 13.0 Å². The van der Waals surface area contributed by atoms with Crippen LogP contribution in [0.2, 0.25) is 0 Å². The predicted molar refractivity (Wildman–Crippen MR) is 77.5 cm³/mol. The first kappa shape index (κ1) is 16.3. The second kappa shape index (κ2) is 6.81. The molecule has 1 aliphatic rings. The summed E-state index contributed by atoms with van der Waals surface area (Å²) in [5, 5.41) is 2.64. The van der Waals surface area contributed by atoms with Crippen LogP contribution in [0, 0.1) is 11.8 Å². The molecule has 0 saturated heterocycles. The topological polar surface area (TPSA) is 29.1 Å². The molecule has 21 heavy (non-hydrogen) atoms. The quantitative estimate of drug-likeness (QED) is 0.845. The summed E-state index contributed by atoms with van der Waals surface area (Å²) in [5.74, 6) is -2.96. The molecule has 1 aromatic carbocycles. The van der Waals surface area contributed by atoms with E-state index in [4.69, 9.17) is 0 Å². The SMILES string of the molecule is O=C(NCc1ccccc1Br)C1CCCCC1C(F)(F)F. The molecule has 0 spiro atoms. The number of halogens is 4. The Morgan fingerprint density at radius 3 is 2.57 bits per heavy atom. The predicted octanol–water partition coefficient (Wildman–Crippen LogP) is 4.43. The van der Waals surface area contributed by atoms with Crippen LogP contribution in [0.4, 0.5) is 13.2 Å². The van der Waals surface area contributed by atoms with Gasteiger partial charge in [-0.15, -0.1) is 0 Å². The largest absolute Gasteiger partial charge is 0.392 e. The highest BCUT2D eigenvalue weighted by molar-refractivity contribution is 9.10. The monoisotopic (exact) mass is 363 g/mol. The number of hydrogen-bond donors (Lipinski definition) is 1. The Labute approximate surface area is 130 Å².